The van der Waals surface area contributed by atoms with Gasteiger partial charge in [-0.05, 0) is 24.3 Å². The highest BCUT2D eigenvalue weighted by Crippen LogP contribution is 2.29. The molecule has 0 atom stereocenters. The van der Waals surface area contributed by atoms with Crippen LogP contribution in [-0.4, -0.2) is 20.0 Å². The van der Waals surface area contributed by atoms with E-state index in [-0.39, 0.29) is 21.5 Å². The van der Waals surface area contributed by atoms with E-state index in [9.17, 15) is 17.2 Å². The number of hydrogen-bond acceptors (Lipinski definition) is 4. The third kappa shape index (κ3) is 3.79. The molecule has 1 aromatic heterocycles. The predicted molar refractivity (Wildman–Crippen MR) is 73.1 cm³/mol. The van der Waals surface area contributed by atoms with Crippen LogP contribution >= 0.6 is 11.6 Å². The number of para-hydroxylation sites is 2. The van der Waals surface area contributed by atoms with Crippen LogP contribution in [0.1, 0.15) is 0 Å². The van der Waals surface area contributed by atoms with Crippen LogP contribution in [-0.2, 0) is 10.0 Å². The van der Waals surface area contributed by atoms with Crippen LogP contribution in [0.2, 0.25) is 5.15 Å². The lowest BCUT2D eigenvalue weighted by atomic mass is 10.3. The summed E-state index contributed by atoms with van der Waals surface area (Å²) in [5.41, 5.74) is -0.127. The minimum atomic E-state index is -4.07. The zero-order valence-corrected chi connectivity index (χ0v) is 11.9. The molecule has 21 heavy (non-hydrogen) atoms. The van der Waals surface area contributed by atoms with Crippen molar-refractivity contribution in [1.82, 2.24) is 4.98 Å². The number of aromatic nitrogens is 1. The van der Waals surface area contributed by atoms with Crippen LogP contribution in [0, 0.1) is 0 Å². The Balaban J connectivity index is 2.36. The molecule has 112 valence electrons. The van der Waals surface area contributed by atoms with Gasteiger partial charge in [0.2, 0.25) is 0 Å². The highest BCUT2D eigenvalue weighted by atomic mass is 35.5. The Kier molecular flexibility index (Phi) is 4.59. The fourth-order valence-corrected chi connectivity index (χ4v) is 3.05. The molecular formula is C12H9ClF2N2O3S. The van der Waals surface area contributed by atoms with Gasteiger partial charge in [-0.3, -0.25) is 4.72 Å². The molecule has 0 amide bonds. The first-order chi connectivity index (χ1) is 9.90. The normalized spacial score (nSPS) is 11.4. The molecule has 0 aliphatic heterocycles. The van der Waals surface area contributed by atoms with Crippen LogP contribution in [0.5, 0.6) is 5.75 Å². The Bertz CT molecular complexity index is 741. The maximum Gasteiger partial charge on any atom is 0.387 e. The van der Waals surface area contributed by atoms with E-state index in [0.29, 0.717) is 0 Å². The van der Waals surface area contributed by atoms with Gasteiger partial charge in [-0.15, -0.1) is 0 Å². The van der Waals surface area contributed by atoms with Crippen molar-refractivity contribution in [3.05, 3.63) is 47.7 Å². The van der Waals surface area contributed by atoms with Crippen LogP contribution in [0.3, 0.4) is 0 Å². The zero-order valence-electron chi connectivity index (χ0n) is 10.3. The van der Waals surface area contributed by atoms with Gasteiger partial charge >= 0.3 is 6.61 Å². The second-order valence-corrected chi connectivity index (χ2v) is 5.78. The summed E-state index contributed by atoms with van der Waals surface area (Å²) < 4.78 is 55.3. The van der Waals surface area contributed by atoms with Crippen molar-refractivity contribution in [2.45, 2.75) is 11.5 Å². The smallest absolute Gasteiger partial charge is 0.387 e. The van der Waals surface area contributed by atoms with Crippen molar-refractivity contribution in [2.75, 3.05) is 4.72 Å². The van der Waals surface area contributed by atoms with E-state index in [1.54, 1.807) is 0 Å². The number of anilines is 1. The number of nitrogens with zero attached hydrogens (tertiary/aromatic N) is 1. The molecule has 0 saturated heterocycles. The lowest BCUT2D eigenvalue weighted by Crippen LogP contribution is -2.15. The summed E-state index contributed by atoms with van der Waals surface area (Å²) in [5, 5.41) is -0.225. The Labute approximate surface area is 124 Å². The molecule has 0 spiro atoms. The highest BCUT2D eigenvalue weighted by molar-refractivity contribution is 7.92. The van der Waals surface area contributed by atoms with Crippen molar-refractivity contribution < 1.29 is 21.9 Å². The van der Waals surface area contributed by atoms with E-state index in [1.165, 1.54) is 42.6 Å². The number of benzene rings is 1. The first-order valence-corrected chi connectivity index (χ1v) is 7.43. The minimum Gasteiger partial charge on any atom is -0.433 e. The summed E-state index contributed by atoms with van der Waals surface area (Å²) in [6.45, 7) is -3.07. The maximum atomic E-state index is 12.3. The summed E-state index contributed by atoms with van der Waals surface area (Å²) in [6.07, 6.45) is 1.33. The Morgan fingerprint density at radius 1 is 1.19 bits per heavy atom. The van der Waals surface area contributed by atoms with Crippen LogP contribution in [0.4, 0.5) is 14.5 Å². The summed E-state index contributed by atoms with van der Waals surface area (Å²) in [5.74, 6) is -0.295. The summed E-state index contributed by atoms with van der Waals surface area (Å²) in [6, 6.07) is 8.05. The minimum absolute atomic E-state index is 0.127. The number of hydrogen-bond donors (Lipinski definition) is 1. The molecular weight excluding hydrogens is 326 g/mol. The van der Waals surface area contributed by atoms with Gasteiger partial charge in [-0.2, -0.15) is 8.78 Å². The zero-order chi connectivity index (χ0) is 15.5. The molecule has 0 saturated carbocycles. The fraction of sp³-hybridized carbons (Fsp3) is 0.0833. The SMILES string of the molecule is O=S(=O)(Nc1ccccc1OC(F)F)c1cccnc1Cl. The predicted octanol–water partition coefficient (Wildman–Crippen LogP) is 3.14. The quantitative estimate of drug-likeness (QED) is 0.853. The number of pyridine rings is 1. The molecule has 0 unspecified atom stereocenters. The molecule has 2 aromatic rings. The van der Waals surface area contributed by atoms with Gasteiger partial charge in [0.1, 0.15) is 15.8 Å². The molecule has 1 aromatic carbocycles. The first-order valence-electron chi connectivity index (χ1n) is 5.57. The molecule has 0 fully saturated rings. The average Bonchev–Trinajstić information content (AvgIpc) is 2.40. The largest absolute Gasteiger partial charge is 0.433 e. The highest BCUT2D eigenvalue weighted by Gasteiger charge is 2.20. The number of ether oxygens (including phenoxy) is 1. The van der Waals surface area contributed by atoms with Crippen LogP contribution in [0.15, 0.2) is 47.5 Å². The second-order valence-electron chi connectivity index (χ2n) is 3.77. The van der Waals surface area contributed by atoms with Crippen molar-refractivity contribution in [1.29, 1.82) is 0 Å². The van der Waals surface area contributed by atoms with Crippen LogP contribution in [0.25, 0.3) is 0 Å². The Morgan fingerprint density at radius 2 is 1.90 bits per heavy atom. The lowest BCUT2D eigenvalue weighted by molar-refractivity contribution is -0.0493. The number of halogens is 3. The molecule has 0 aliphatic carbocycles. The number of sulfonamides is 1. The van der Waals surface area contributed by atoms with Crippen LogP contribution < -0.4 is 9.46 Å². The Hall–Kier alpha value is -1.93. The van der Waals surface area contributed by atoms with E-state index in [2.05, 4.69) is 14.4 Å². The van der Waals surface area contributed by atoms with Gasteiger partial charge in [0.05, 0.1) is 5.69 Å². The standard InChI is InChI=1S/C12H9ClF2N2O3S/c13-11-10(6-3-7-16-11)21(18,19)17-8-4-1-2-5-9(8)20-12(14)15/h1-7,12,17H. The van der Waals surface area contributed by atoms with E-state index in [1.807, 2.05) is 0 Å². The molecule has 1 N–H and O–H groups in total. The van der Waals surface area contributed by atoms with E-state index in [0.717, 1.165) is 0 Å². The second kappa shape index (κ2) is 6.23. The van der Waals surface area contributed by atoms with Crippen molar-refractivity contribution in [2.24, 2.45) is 0 Å². The summed E-state index contributed by atoms with van der Waals surface area (Å²) in [7, 11) is -4.07. The number of nitrogens with one attached hydrogen (secondary N) is 1. The maximum absolute atomic E-state index is 12.3. The number of rotatable bonds is 5. The molecule has 2 rings (SSSR count). The number of alkyl halides is 2. The first kappa shape index (κ1) is 15.5. The molecule has 9 heteroatoms. The molecule has 5 nitrogen and oxygen atoms in total. The third-order valence-corrected chi connectivity index (χ3v) is 4.17. The van der Waals surface area contributed by atoms with Gasteiger partial charge in [0.15, 0.2) is 0 Å². The third-order valence-electron chi connectivity index (χ3n) is 2.36. The summed E-state index contributed by atoms with van der Waals surface area (Å²) in [4.78, 5) is 3.39. The topological polar surface area (TPSA) is 68.3 Å². The van der Waals surface area contributed by atoms with Gasteiger partial charge < -0.3 is 4.74 Å². The monoisotopic (exact) mass is 334 g/mol. The summed E-state index contributed by atoms with van der Waals surface area (Å²) >= 11 is 5.72. The molecule has 1 heterocycles. The Morgan fingerprint density at radius 3 is 2.57 bits per heavy atom. The van der Waals surface area contributed by atoms with Crippen molar-refractivity contribution in [3.8, 4) is 5.75 Å². The molecule has 0 aliphatic rings. The lowest BCUT2D eigenvalue weighted by Gasteiger charge is -2.13. The van der Waals surface area contributed by atoms with Gasteiger partial charge in [-0.25, -0.2) is 13.4 Å². The van der Waals surface area contributed by atoms with E-state index < -0.39 is 16.6 Å². The van der Waals surface area contributed by atoms with Gasteiger partial charge in [0.25, 0.3) is 10.0 Å². The van der Waals surface area contributed by atoms with Gasteiger partial charge in [-0.1, -0.05) is 23.7 Å². The fourth-order valence-electron chi connectivity index (χ4n) is 1.52. The van der Waals surface area contributed by atoms with Crippen molar-refractivity contribution >= 4 is 27.3 Å². The molecule has 0 bridgehead atoms. The molecule has 0 radical (unpaired) electrons. The van der Waals surface area contributed by atoms with E-state index in [4.69, 9.17) is 11.6 Å². The van der Waals surface area contributed by atoms with Gasteiger partial charge in [0, 0.05) is 6.20 Å². The average molecular weight is 335 g/mol. The van der Waals surface area contributed by atoms with E-state index >= 15 is 0 Å². The van der Waals surface area contributed by atoms with Crippen molar-refractivity contribution in [3.63, 3.8) is 0 Å².